The Balaban J connectivity index is 1.12. The van der Waals surface area contributed by atoms with Crippen LogP contribution in [0.2, 0.25) is 0 Å². The minimum atomic E-state index is 0.375. The van der Waals surface area contributed by atoms with Gasteiger partial charge in [0.1, 0.15) is 5.58 Å². The predicted molar refractivity (Wildman–Crippen MR) is 135 cm³/mol. The van der Waals surface area contributed by atoms with Crippen LogP contribution in [0.15, 0.2) is 53.1 Å². The van der Waals surface area contributed by atoms with E-state index in [1.807, 2.05) is 24.3 Å². The Kier molecular flexibility index (Phi) is 6.17. The van der Waals surface area contributed by atoms with Crippen LogP contribution in [0.5, 0.6) is 0 Å². The molecule has 1 aliphatic heterocycles. The fraction of sp³-hybridized carbons (Fsp3) is 0.308. The highest BCUT2D eigenvalue weighted by molar-refractivity contribution is 7.14. The van der Waals surface area contributed by atoms with Crippen molar-refractivity contribution in [2.24, 2.45) is 0 Å². The van der Waals surface area contributed by atoms with Gasteiger partial charge in [-0.2, -0.15) is 5.26 Å². The fourth-order valence-corrected chi connectivity index (χ4v) is 5.19. The quantitative estimate of drug-likeness (QED) is 0.225. The number of aldehydes is 1. The lowest BCUT2D eigenvalue weighted by Gasteiger charge is -2.36. The highest BCUT2D eigenvalue weighted by Crippen LogP contribution is 2.27. The van der Waals surface area contributed by atoms with Crippen LogP contribution in [-0.4, -0.2) is 48.2 Å². The van der Waals surface area contributed by atoms with E-state index in [9.17, 15) is 10.1 Å². The molecule has 5 rings (SSSR count). The van der Waals surface area contributed by atoms with Gasteiger partial charge in [0.25, 0.3) is 0 Å². The van der Waals surface area contributed by atoms with Crippen molar-refractivity contribution in [3.05, 3.63) is 65.5 Å². The Bertz CT molecular complexity index is 1340. The molecule has 0 bridgehead atoms. The highest BCUT2D eigenvalue weighted by atomic mass is 31.0. The van der Waals surface area contributed by atoms with Crippen molar-refractivity contribution in [2.45, 2.75) is 19.3 Å². The molecule has 0 aliphatic carbocycles. The molecule has 0 radical (unpaired) electrons. The fourth-order valence-electron chi connectivity index (χ4n) is 4.78. The number of fused-ring (bicyclic) bond motifs is 2. The van der Waals surface area contributed by atoms with Crippen LogP contribution in [-0.2, 0) is 6.42 Å². The monoisotopic (exact) mass is 458 g/mol. The SMILES string of the molecule is N#Cc1ccc2c(c1)c(CCCCN1CCN(c3ccc4oc(C=O)cc4c3)CC1)cn2P. The number of aromatic nitrogens is 1. The summed E-state index contributed by atoms with van der Waals surface area (Å²) in [5.74, 6) is 0.375. The van der Waals surface area contributed by atoms with Crippen LogP contribution in [0.4, 0.5) is 5.69 Å². The highest BCUT2D eigenvalue weighted by Gasteiger charge is 2.18. The van der Waals surface area contributed by atoms with Gasteiger partial charge in [0.15, 0.2) is 12.0 Å². The molecule has 2 aromatic heterocycles. The smallest absolute Gasteiger partial charge is 0.185 e. The van der Waals surface area contributed by atoms with Gasteiger partial charge in [-0.3, -0.25) is 9.69 Å². The lowest BCUT2D eigenvalue weighted by Crippen LogP contribution is -2.46. The third kappa shape index (κ3) is 4.53. The topological polar surface area (TPSA) is 65.4 Å². The Morgan fingerprint density at radius 1 is 1.06 bits per heavy atom. The Labute approximate surface area is 195 Å². The minimum absolute atomic E-state index is 0.375. The summed E-state index contributed by atoms with van der Waals surface area (Å²) in [7, 11) is 2.74. The summed E-state index contributed by atoms with van der Waals surface area (Å²) in [5, 5.41) is 11.4. The number of piperazine rings is 1. The van der Waals surface area contributed by atoms with Crippen LogP contribution in [0.25, 0.3) is 21.9 Å². The molecule has 7 heteroatoms. The van der Waals surface area contributed by atoms with E-state index in [1.165, 1.54) is 16.6 Å². The van der Waals surface area contributed by atoms with Gasteiger partial charge in [-0.15, -0.1) is 0 Å². The number of hydrogen-bond acceptors (Lipinski definition) is 5. The molecular weight excluding hydrogens is 431 g/mol. The Morgan fingerprint density at radius 3 is 2.70 bits per heavy atom. The molecule has 0 amide bonds. The molecule has 1 aliphatic rings. The van der Waals surface area contributed by atoms with Crippen molar-refractivity contribution >= 4 is 43.2 Å². The summed E-state index contributed by atoms with van der Waals surface area (Å²) in [6.07, 6.45) is 6.25. The van der Waals surface area contributed by atoms with Crippen LogP contribution in [0, 0.1) is 11.3 Å². The van der Waals surface area contributed by atoms with Crippen molar-refractivity contribution < 1.29 is 9.21 Å². The molecule has 3 heterocycles. The van der Waals surface area contributed by atoms with Gasteiger partial charge in [-0.25, -0.2) is 0 Å². The van der Waals surface area contributed by atoms with E-state index in [0.717, 1.165) is 74.8 Å². The average molecular weight is 459 g/mol. The second kappa shape index (κ2) is 9.39. The number of benzene rings is 2. The molecule has 1 atom stereocenters. The van der Waals surface area contributed by atoms with Crippen LogP contribution < -0.4 is 4.90 Å². The first-order chi connectivity index (χ1) is 16.1. The Hall–Kier alpha value is -3.13. The zero-order valence-corrected chi connectivity index (χ0v) is 19.7. The van der Waals surface area contributed by atoms with Crippen molar-refractivity contribution in [3.63, 3.8) is 0 Å². The number of hydrogen-bond donors (Lipinski definition) is 0. The summed E-state index contributed by atoms with van der Waals surface area (Å²) in [6.45, 7) is 5.22. The standard InChI is InChI=1S/C26H27N4O2P/c27-16-19-4-6-25-24(13-19)20(17-30(25)33)3-1-2-8-28-9-11-29(12-10-28)22-5-7-26-21(14-22)15-23(18-31)32-26/h4-7,13-15,17-18H,1-3,8-12,33H2. The van der Waals surface area contributed by atoms with Crippen molar-refractivity contribution in [3.8, 4) is 6.07 Å². The molecule has 33 heavy (non-hydrogen) atoms. The van der Waals surface area contributed by atoms with E-state index in [1.54, 1.807) is 6.07 Å². The maximum Gasteiger partial charge on any atom is 0.185 e. The second-order valence-corrected chi connectivity index (χ2v) is 9.24. The van der Waals surface area contributed by atoms with Crippen molar-refractivity contribution in [1.29, 1.82) is 5.26 Å². The third-order valence-electron chi connectivity index (χ3n) is 6.59. The van der Waals surface area contributed by atoms with Crippen molar-refractivity contribution in [2.75, 3.05) is 37.6 Å². The van der Waals surface area contributed by atoms with Gasteiger partial charge in [-0.1, -0.05) is 0 Å². The number of unbranched alkanes of at least 4 members (excludes halogenated alkanes) is 1. The predicted octanol–water partition coefficient (Wildman–Crippen LogP) is 4.85. The normalized spacial score (nSPS) is 14.7. The lowest BCUT2D eigenvalue weighted by molar-refractivity contribution is 0.110. The maximum atomic E-state index is 10.9. The first-order valence-corrected chi connectivity index (χ1v) is 11.9. The van der Waals surface area contributed by atoms with Gasteiger partial charge in [0, 0.05) is 48.8 Å². The lowest BCUT2D eigenvalue weighted by atomic mass is 10.1. The van der Waals surface area contributed by atoms with E-state index >= 15 is 0 Å². The molecule has 1 unspecified atom stereocenters. The number of nitrogens with zero attached hydrogens (tertiary/aromatic N) is 4. The van der Waals surface area contributed by atoms with E-state index in [0.29, 0.717) is 11.3 Å². The second-order valence-electron chi connectivity index (χ2n) is 8.68. The molecule has 1 fully saturated rings. The summed E-state index contributed by atoms with van der Waals surface area (Å²) in [6, 6.07) is 16.1. The van der Waals surface area contributed by atoms with E-state index in [-0.39, 0.29) is 0 Å². The summed E-state index contributed by atoms with van der Waals surface area (Å²) < 4.78 is 7.56. The average Bonchev–Trinajstić information content (AvgIpc) is 3.41. The number of anilines is 1. The van der Waals surface area contributed by atoms with Gasteiger partial charge < -0.3 is 13.7 Å². The number of carbonyl (C=O) groups is 1. The molecule has 0 spiro atoms. The van der Waals surface area contributed by atoms with E-state index < -0.39 is 0 Å². The Morgan fingerprint density at radius 2 is 1.91 bits per heavy atom. The first kappa shape index (κ1) is 21.7. The maximum absolute atomic E-state index is 10.9. The van der Waals surface area contributed by atoms with Crippen LogP contribution >= 0.6 is 9.39 Å². The molecule has 168 valence electrons. The molecular formula is C26H27N4O2P. The van der Waals surface area contributed by atoms with Crippen molar-refractivity contribution in [1.82, 2.24) is 9.24 Å². The van der Waals surface area contributed by atoms with E-state index in [4.69, 9.17) is 4.42 Å². The molecule has 4 aromatic rings. The summed E-state index contributed by atoms with van der Waals surface area (Å²) in [5.41, 5.74) is 5.13. The van der Waals surface area contributed by atoms with Crippen LogP contribution in [0.1, 0.15) is 34.5 Å². The zero-order chi connectivity index (χ0) is 22.8. The largest absolute Gasteiger partial charge is 0.453 e. The number of furan rings is 1. The zero-order valence-electron chi connectivity index (χ0n) is 18.5. The first-order valence-electron chi connectivity index (χ1n) is 11.4. The molecule has 6 nitrogen and oxygen atoms in total. The number of carbonyl (C=O) groups excluding carboxylic acids is 1. The van der Waals surface area contributed by atoms with Gasteiger partial charge >= 0.3 is 0 Å². The third-order valence-corrected chi connectivity index (χ3v) is 7.01. The summed E-state index contributed by atoms with van der Waals surface area (Å²) >= 11 is 0. The summed E-state index contributed by atoms with van der Waals surface area (Å²) in [4.78, 5) is 15.9. The van der Waals surface area contributed by atoms with Crippen LogP contribution in [0.3, 0.4) is 0 Å². The number of rotatable bonds is 7. The molecule has 0 N–H and O–H groups in total. The molecule has 1 saturated heterocycles. The molecule has 0 saturated carbocycles. The van der Waals surface area contributed by atoms with Gasteiger partial charge in [-0.05, 0) is 83.2 Å². The molecule has 2 aromatic carbocycles. The van der Waals surface area contributed by atoms with Gasteiger partial charge in [0.2, 0.25) is 0 Å². The van der Waals surface area contributed by atoms with Gasteiger partial charge in [0.05, 0.1) is 17.1 Å². The minimum Gasteiger partial charge on any atom is -0.453 e. The van der Waals surface area contributed by atoms with E-state index in [2.05, 4.69) is 47.9 Å². The number of nitriles is 1. The number of aryl methyl sites for hydroxylation is 1.